The number of amides is 1. The fraction of sp³-hybridized carbons (Fsp3) is 0.484. The first-order valence-electron chi connectivity index (χ1n) is 13.2. The number of carbonyl (C=O) groups is 1. The van der Waals surface area contributed by atoms with E-state index in [0.29, 0.717) is 48.6 Å². The highest BCUT2D eigenvalue weighted by Gasteiger charge is 2.28. The topological polar surface area (TPSA) is 117 Å². The van der Waals surface area contributed by atoms with Gasteiger partial charge >= 0.3 is 0 Å². The van der Waals surface area contributed by atoms with Crippen molar-refractivity contribution in [3.63, 3.8) is 0 Å². The number of rotatable bonds is 11. The molecule has 218 valence electrons. The summed E-state index contributed by atoms with van der Waals surface area (Å²) >= 11 is 0. The number of hydrogen-bond acceptors (Lipinski definition) is 7. The third-order valence-corrected chi connectivity index (χ3v) is 8.35. The van der Waals surface area contributed by atoms with Gasteiger partial charge in [0.1, 0.15) is 5.75 Å². The van der Waals surface area contributed by atoms with Crippen molar-refractivity contribution in [1.82, 2.24) is 4.90 Å². The van der Waals surface area contributed by atoms with E-state index in [4.69, 9.17) is 9.47 Å². The SMILES string of the molecule is COCCN(CCOC)C(=O)c1ccc(S(=O)(=O)C(=Cc2cc(C(C)(C)C)c(O)c(C(C)(C)C)c2)CC#N)cc1. The number of phenols is 1. The molecule has 2 rings (SSSR count). The van der Waals surface area contributed by atoms with E-state index in [1.54, 1.807) is 31.3 Å². The van der Waals surface area contributed by atoms with Crippen molar-refractivity contribution in [1.29, 1.82) is 5.26 Å². The number of benzene rings is 2. The molecule has 0 aliphatic rings. The Morgan fingerprint density at radius 3 is 1.82 bits per heavy atom. The van der Waals surface area contributed by atoms with E-state index in [1.165, 1.54) is 30.3 Å². The summed E-state index contributed by atoms with van der Waals surface area (Å²) in [5.74, 6) is -0.0773. The van der Waals surface area contributed by atoms with Crippen molar-refractivity contribution < 1.29 is 27.8 Å². The minimum atomic E-state index is -4.05. The van der Waals surface area contributed by atoms with E-state index in [9.17, 15) is 23.6 Å². The number of allylic oxidation sites excluding steroid dienone is 1. The van der Waals surface area contributed by atoms with Gasteiger partial charge in [-0.15, -0.1) is 0 Å². The van der Waals surface area contributed by atoms with Crippen LogP contribution in [0.1, 0.15) is 75.0 Å². The van der Waals surface area contributed by atoms with Crippen LogP contribution in [0.2, 0.25) is 0 Å². The standard InChI is InChI=1S/C31H42N2O6S/c1-30(2,3)26-20-22(21-27(28(26)34)31(4,5)6)19-25(13-14-32)40(36,37)24-11-9-23(10-12-24)29(35)33(15-17-38-7)16-18-39-8/h9-12,19-21,34H,13,15-18H2,1-8H3. The Hall–Kier alpha value is -3.19. The highest BCUT2D eigenvalue weighted by Crippen LogP contribution is 2.40. The summed E-state index contributed by atoms with van der Waals surface area (Å²) in [6, 6.07) is 11.2. The Balaban J connectivity index is 2.55. The van der Waals surface area contributed by atoms with Gasteiger partial charge in [-0.3, -0.25) is 4.79 Å². The zero-order valence-electron chi connectivity index (χ0n) is 24.9. The lowest BCUT2D eigenvalue weighted by atomic mass is 9.78. The summed E-state index contributed by atoms with van der Waals surface area (Å²) in [5, 5.41) is 20.5. The molecule has 0 bridgehead atoms. The molecule has 8 nitrogen and oxygen atoms in total. The second-order valence-corrected chi connectivity index (χ2v) is 13.7. The van der Waals surface area contributed by atoms with E-state index >= 15 is 0 Å². The largest absolute Gasteiger partial charge is 0.507 e. The molecule has 40 heavy (non-hydrogen) atoms. The Labute approximate surface area is 239 Å². The van der Waals surface area contributed by atoms with E-state index in [1.807, 2.05) is 47.6 Å². The molecule has 0 saturated carbocycles. The monoisotopic (exact) mass is 570 g/mol. The number of aromatic hydroxyl groups is 1. The molecule has 0 spiro atoms. The zero-order chi connectivity index (χ0) is 30.3. The molecule has 0 unspecified atom stereocenters. The number of nitrogens with zero attached hydrogens (tertiary/aromatic N) is 2. The number of sulfone groups is 1. The predicted octanol–water partition coefficient (Wildman–Crippen LogP) is 5.45. The Kier molecular flexibility index (Phi) is 11.1. The minimum absolute atomic E-state index is 0.0169. The van der Waals surface area contributed by atoms with Crippen LogP contribution in [-0.2, 0) is 30.1 Å². The maximum atomic E-state index is 13.7. The van der Waals surface area contributed by atoms with Crippen molar-refractivity contribution >= 4 is 21.8 Å². The average Bonchev–Trinajstić information content (AvgIpc) is 2.87. The van der Waals surface area contributed by atoms with Crippen LogP contribution in [0.15, 0.2) is 46.2 Å². The van der Waals surface area contributed by atoms with E-state index in [-0.39, 0.29) is 27.9 Å². The summed E-state index contributed by atoms with van der Waals surface area (Å²) in [4.78, 5) is 14.5. The van der Waals surface area contributed by atoms with Crippen LogP contribution in [0.25, 0.3) is 6.08 Å². The van der Waals surface area contributed by atoms with Crippen LogP contribution >= 0.6 is 0 Å². The van der Waals surface area contributed by atoms with Crippen molar-refractivity contribution in [2.45, 2.75) is 63.7 Å². The molecule has 0 heterocycles. The van der Waals surface area contributed by atoms with E-state index in [0.717, 1.165) is 0 Å². The maximum absolute atomic E-state index is 13.7. The lowest BCUT2D eigenvalue weighted by Gasteiger charge is -2.28. The number of carbonyl (C=O) groups excluding carboxylic acids is 1. The van der Waals surface area contributed by atoms with Crippen LogP contribution in [0.3, 0.4) is 0 Å². The van der Waals surface area contributed by atoms with Gasteiger partial charge in [0.05, 0.1) is 35.5 Å². The fourth-order valence-corrected chi connectivity index (χ4v) is 5.54. The van der Waals surface area contributed by atoms with Crippen molar-refractivity contribution in [3.05, 3.63) is 63.6 Å². The lowest BCUT2D eigenvalue weighted by molar-refractivity contribution is 0.0627. The Bertz CT molecular complexity index is 1320. The van der Waals surface area contributed by atoms with Crippen molar-refractivity contribution in [2.75, 3.05) is 40.5 Å². The van der Waals surface area contributed by atoms with Crippen LogP contribution in [0, 0.1) is 11.3 Å². The molecule has 1 N–H and O–H groups in total. The summed E-state index contributed by atoms with van der Waals surface area (Å²) in [5.41, 5.74) is 1.50. The summed E-state index contributed by atoms with van der Waals surface area (Å²) in [6.45, 7) is 13.3. The van der Waals surface area contributed by atoms with Gasteiger partial charge in [0.2, 0.25) is 9.84 Å². The molecule has 0 fully saturated rings. The number of hydrogen-bond donors (Lipinski definition) is 1. The van der Waals surface area contributed by atoms with Gasteiger partial charge in [-0.25, -0.2) is 8.42 Å². The molecule has 1 amide bonds. The fourth-order valence-electron chi connectivity index (χ4n) is 4.20. The first-order valence-corrected chi connectivity index (χ1v) is 14.6. The highest BCUT2D eigenvalue weighted by molar-refractivity contribution is 7.95. The summed E-state index contributed by atoms with van der Waals surface area (Å²) in [6.07, 6.45) is 1.17. The van der Waals surface area contributed by atoms with Gasteiger partial charge in [0.25, 0.3) is 5.91 Å². The summed E-state index contributed by atoms with van der Waals surface area (Å²) in [7, 11) is -0.943. The third-order valence-electron chi connectivity index (χ3n) is 6.50. The average molecular weight is 571 g/mol. The lowest BCUT2D eigenvalue weighted by Crippen LogP contribution is -2.36. The Morgan fingerprint density at radius 2 is 1.43 bits per heavy atom. The van der Waals surface area contributed by atoms with Gasteiger partial charge in [-0.2, -0.15) is 5.26 Å². The van der Waals surface area contributed by atoms with Gasteiger partial charge in [0.15, 0.2) is 0 Å². The van der Waals surface area contributed by atoms with E-state index < -0.39 is 20.7 Å². The van der Waals surface area contributed by atoms with Gasteiger partial charge in [0, 0.05) is 44.0 Å². The van der Waals surface area contributed by atoms with Crippen molar-refractivity contribution in [3.8, 4) is 11.8 Å². The third kappa shape index (κ3) is 8.17. The molecule has 0 saturated heterocycles. The molecule has 0 atom stereocenters. The molecule has 9 heteroatoms. The molecule has 0 aliphatic heterocycles. The molecular weight excluding hydrogens is 528 g/mol. The maximum Gasteiger partial charge on any atom is 0.254 e. The highest BCUT2D eigenvalue weighted by atomic mass is 32.2. The first-order chi connectivity index (χ1) is 18.6. The smallest absolute Gasteiger partial charge is 0.254 e. The van der Waals surface area contributed by atoms with E-state index in [2.05, 4.69) is 0 Å². The molecular formula is C31H42N2O6S. The number of methoxy groups -OCH3 is 2. The molecule has 2 aromatic carbocycles. The second-order valence-electron chi connectivity index (χ2n) is 11.7. The van der Waals surface area contributed by atoms with Gasteiger partial charge in [-0.05, 0) is 58.9 Å². The number of phenolic OH excluding ortho intramolecular Hbond substituents is 1. The van der Waals surface area contributed by atoms with Gasteiger partial charge in [-0.1, -0.05) is 41.5 Å². The summed E-state index contributed by atoms with van der Waals surface area (Å²) < 4.78 is 37.5. The molecule has 0 aliphatic carbocycles. The first kappa shape index (κ1) is 33.0. The zero-order valence-corrected chi connectivity index (χ0v) is 25.7. The van der Waals surface area contributed by atoms with Crippen LogP contribution in [0.5, 0.6) is 5.75 Å². The number of nitriles is 1. The van der Waals surface area contributed by atoms with Crippen LogP contribution in [-0.4, -0.2) is 64.9 Å². The quantitative estimate of drug-likeness (QED) is 0.382. The van der Waals surface area contributed by atoms with Crippen LogP contribution in [0.4, 0.5) is 0 Å². The number of ether oxygens (including phenoxy) is 2. The van der Waals surface area contributed by atoms with Gasteiger partial charge < -0.3 is 19.5 Å². The molecule has 0 aromatic heterocycles. The second kappa shape index (κ2) is 13.4. The minimum Gasteiger partial charge on any atom is -0.507 e. The van der Waals surface area contributed by atoms with Crippen LogP contribution < -0.4 is 0 Å². The molecule has 0 radical (unpaired) electrons. The predicted molar refractivity (Wildman–Crippen MR) is 157 cm³/mol. The normalized spacial score (nSPS) is 12.7. The Morgan fingerprint density at radius 1 is 0.950 bits per heavy atom. The van der Waals surface area contributed by atoms with Crippen molar-refractivity contribution in [2.24, 2.45) is 0 Å². The molecule has 2 aromatic rings.